The second-order valence-corrected chi connectivity index (χ2v) is 7.05. The van der Waals surface area contributed by atoms with Crippen molar-refractivity contribution in [2.75, 3.05) is 31.3 Å². The Morgan fingerprint density at radius 3 is 2.87 bits per heavy atom. The number of aliphatic hydroxyl groups is 1. The largest absolute Gasteiger partial charge is 0.394 e. The Labute approximate surface area is 139 Å². The van der Waals surface area contributed by atoms with Crippen LogP contribution in [-0.4, -0.2) is 52.9 Å². The van der Waals surface area contributed by atoms with Crippen LogP contribution in [0.3, 0.4) is 0 Å². The Bertz CT molecular complexity index is 632. The molecular formula is C17H22N2O3S. The predicted molar refractivity (Wildman–Crippen MR) is 93.0 cm³/mol. The number of aliphatic hydroxyl groups excluding tert-OH is 1. The average molecular weight is 334 g/mol. The number of aromatic nitrogens is 1. The number of hydrogen-bond donors (Lipinski definition) is 3. The summed E-state index contributed by atoms with van der Waals surface area (Å²) in [6, 6.07) is 9.69. The van der Waals surface area contributed by atoms with E-state index >= 15 is 0 Å². The number of carbonyl (C=O) groups excluding carboxylic acids is 1. The second kappa shape index (κ2) is 7.38. The molecule has 0 spiro atoms. The fraction of sp³-hybridized carbons (Fsp3) is 0.471. The molecule has 2 aromatic rings. The lowest BCUT2D eigenvalue weighted by atomic mass is 9.96. The zero-order valence-electron chi connectivity index (χ0n) is 13.0. The van der Waals surface area contributed by atoms with Crippen molar-refractivity contribution in [1.29, 1.82) is 0 Å². The van der Waals surface area contributed by atoms with Crippen LogP contribution < -0.4 is 5.32 Å². The number of thioether (sulfide) groups is 1. The molecule has 124 valence electrons. The molecule has 0 bridgehead atoms. The molecule has 1 aromatic heterocycles. The van der Waals surface area contributed by atoms with Crippen LogP contribution in [0.25, 0.3) is 10.9 Å². The number of rotatable bonds is 6. The first kappa shape index (κ1) is 16.4. The van der Waals surface area contributed by atoms with Gasteiger partial charge in [-0.25, -0.2) is 0 Å². The Hall–Kier alpha value is -1.50. The van der Waals surface area contributed by atoms with E-state index in [1.807, 2.05) is 42.1 Å². The van der Waals surface area contributed by atoms with Crippen molar-refractivity contribution in [1.82, 2.24) is 10.3 Å². The minimum absolute atomic E-state index is 0.00482. The van der Waals surface area contributed by atoms with Crippen LogP contribution in [0, 0.1) is 0 Å². The first-order valence-corrected chi connectivity index (χ1v) is 9.06. The number of fused-ring (bicyclic) bond motifs is 1. The van der Waals surface area contributed by atoms with Crippen LogP contribution in [0.15, 0.2) is 30.3 Å². The first-order chi connectivity index (χ1) is 11.2. The monoisotopic (exact) mass is 334 g/mol. The summed E-state index contributed by atoms with van der Waals surface area (Å²) in [6.45, 7) is 0.791. The van der Waals surface area contributed by atoms with Crippen LogP contribution in [0.2, 0.25) is 0 Å². The molecule has 0 aliphatic carbocycles. The Morgan fingerprint density at radius 1 is 1.35 bits per heavy atom. The fourth-order valence-corrected chi connectivity index (χ4v) is 4.15. The van der Waals surface area contributed by atoms with E-state index in [1.54, 1.807) is 0 Å². The normalized spacial score (nSPS) is 17.3. The summed E-state index contributed by atoms with van der Waals surface area (Å²) in [7, 11) is 0. The van der Waals surface area contributed by atoms with Crippen molar-refractivity contribution in [3.63, 3.8) is 0 Å². The van der Waals surface area contributed by atoms with Crippen molar-refractivity contribution in [3.8, 4) is 0 Å². The van der Waals surface area contributed by atoms with Gasteiger partial charge in [-0.1, -0.05) is 18.2 Å². The van der Waals surface area contributed by atoms with Gasteiger partial charge in [0.05, 0.1) is 18.8 Å². The number of benzene rings is 1. The van der Waals surface area contributed by atoms with Gasteiger partial charge >= 0.3 is 0 Å². The van der Waals surface area contributed by atoms with Gasteiger partial charge in [0.2, 0.25) is 0 Å². The molecule has 3 rings (SSSR count). The van der Waals surface area contributed by atoms with Crippen molar-refractivity contribution < 1.29 is 14.6 Å². The second-order valence-electron chi connectivity index (χ2n) is 5.82. The molecule has 3 N–H and O–H groups in total. The molecule has 1 saturated heterocycles. The highest BCUT2D eigenvalue weighted by Crippen LogP contribution is 2.30. The zero-order valence-corrected chi connectivity index (χ0v) is 13.8. The van der Waals surface area contributed by atoms with Crippen LogP contribution in [0.5, 0.6) is 0 Å². The number of hydrogen-bond acceptors (Lipinski definition) is 4. The summed E-state index contributed by atoms with van der Waals surface area (Å²) in [6.07, 6.45) is 1.79. The summed E-state index contributed by atoms with van der Waals surface area (Å²) in [4.78, 5) is 15.6. The third-order valence-corrected chi connectivity index (χ3v) is 5.23. The van der Waals surface area contributed by atoms with Gasteiger partial charge in [-0.15, -0.1) is 0 Å². The molecule has 1 amide bonds. The maximum Gasteiger partial charge on any atom is 0.267 e. The average Bonchev–Trinajstić information content (AvgIpc) is 3.03. The molecule has 2 heterocycles. The number of ether oxygens (including phenoxy) is 1. The van der Waals surface area contributed by atoms with Gasteiger partial charge in [-0.3, -0.25) is 4.79 Å². The van der Waals surface area contributed by atoms with E-state index in [0.717, 1.165) is 35.3 Å². The van der Waals surface area contributed by atoms with Gasteiger partial charge < -0.3 is 20.1 Å². The Morgan fingerprint density at radius 2 is 2.13 bits per heavy atom. The van der Waals surface area contributed by atoms with E-state index in [2.05, 4.69) is 10.3 Å². The molecule has 23 heavy (non-hydrogen) atoms. The van der Waals surface area contributed by atoms with Gasteiger partial charge in [0.1, 0.15) is 5.69 Å². The molecule has 1 aromatic carbocycles. The summed E-state index contributed by atoms with van der Waals surface area (Å²) in [5, 5.41) is 13.0. The number of H-pyrrole nitrogens is 1. The molecule has 0 radical (unpaired) electrons. The Kier molecular flexibility index (Phi) is 5.25. The third kappa shape index (κ3) is 3.88. The molecule has 0 unspecified atom stereocenters. The van der Waals surface area contributed by atoms with Gasteiger partial charge in [0, 0.05) is 17.4 Å². The van der Waals surface area contributed by atoms with Gasteiger partial charge in [0.25, 0.3) is 5.91 Å². The minimum atomic E-state index is -0.352. The van der Waals surface area contributed by atoms with Gasteiger partial charge in [-0.2, -0.15) is 11.8 Å². The van der Waals surface area contributed by atoms with Crippen molar-refractivity contribution >= 4 is 28.6 Å². The minimum Gasteiger partial charge on any atom is -0.394 e. The number of nitrogens with one attached hydrogen (secondary N) is 2. The maximum absolute atomic E-state index is 12.4. The maximum atomic E-state index is 12.4. The van der Waals surface area contributed by atoms with Crippen LogP contribution in [0.4, 0.5) is 0 Å². The summed E-state index contributed by atoms with van der Waals surface area (Å²) < 4.78 is 5.88. The highest BCUT2D eigenvalue weighted by Gasteiger charge is 2.33. The highest BCUT2D eigenvalue weighted by molar-refractivity contribution is 7.99. The van der Waals surface area contributed by atoms with Crippen LogP contribution in [-0.2, 0) is 4.74 Å². The molecular weight excluding hydrogens is 312 g/mol. The van der Waals surface area contributed by atoms with E-state index in [0.29, 0.717) is 18.8 Å². The Balaban J connectivity index is 1.66. The number of amides is 1. The highest BCUT2D eigenvalue weighted by atomic mass is 32.2. The number of carbonyl (C=O) groups is 1. The third-order valence-electron chi connectivity index (χ3n) is 4.25. The van der Waals surface area contributed by atoms with Crippen LogP contribution in [0.1, 0.15) is 23.3 Å². The van der Waals surface area contributed by atoms with Crippen LogP contribution >= 0.6 is 11.8 Å². The molecule has 0 atom stereocenters. The lowest BCUT2D eigenvalue weighted by molar-refractivity contribution is -0.0608. The summed E-state index contributed by atoms with van der Waals surface area (Å²) in [5.41, 5.74) is 1.17. The zero-order chi connectivity index (χ0) is 16.1. The SMILES string of the molecule is O=C(NCC1(OCCO)CCSCC1)c1cc2ccccc2[nH]1. The quantitative estimate of drug-likeness (QED) is 0.757. The number of para-hydroxylation sites is 1. The topological polar surface area (TPSA) is 74.3 Å². The van der Waals surface area contributed by atoms with E-state index in [9.17, 15) is 4.79 Å². The van der Waals surface area contributed by atoms with Gasteiger partial charge in [0.15, 0.2) is 0 Å². The fourth-order valence-electron chi connectivity index (χ4n) is 2.91. The van der Waals surface area contributed by atoms with Crippen molar-refractivity contribution in [3.05, 3.63) is 36.0 Å². The van der Waals surface area contributed by atoms with Crippen molar-refractivity contribution in [2.24, 2.45) is 0 Å². The number of aromatic amines is 1. The van der Waals surface area contributed by atoms with E-state index in [1.165, 1.54) is 0 Å². The van der Waals surface area contributed by atoms with E-state index < -0.39 is 0 Å². The summed E-state index contributed by atoms with van der Waals surface area (Å²) >= 11 is 1.90. The molecule has 6 heteroatoms. The lowest BCUT2D eigenvalue weighted by Crippen LogP contribution is -2.48. The lowest BCUT2D eigenvalue weighted by Gasteiger charge is -2.37. The van der Waals surface area contributed by atoms with E-state index in [-0.39, 0.29) is 18.1 Å². The smallest absolute Gasteiger partial charge is 0.267 e. The first-order valence-electron chi connectivity index (χ1n) is 7.91. The molecule has 1 aliphatic heterocycles. The predicted octanol–water partition coefficient (Wildman–Crippen LogP) is 2.17. The van der Waals surface area contributed by atoms with Gasteiger partial charge in [-0.05, 0) is 36.5 Å². The van der Waals surface area contributed by atoms with E-state index in [4.69, 9.17) is 9.84 Å². The summed E-state index contributed by atoms with van der Waals surface area (Å²) in [5.74, 6) is 1.92. The molecule has 5 nitrogen and oxygen atoms in total. The molecule has 1 fully saturated rings. The van der Waals surface area contributed by atoms with Crippen molar-refractivity contribution in [2.45, 2.75) is 18.4 Å². The molecule has 1 aliphatic rings. The molecule has 0 saturated carbocycles. The standard InChI is InChI=1S/C17H22N2O3S/c20-7-8-22-17(5-9-23-10-6-17)12-18-16(21)15-11-13-3-1-2-4-14(13)19-15/h1-4,11,19-20H,5-10,12H2,(H,18,21).